The Balaban J connectivity index is 1.88. The van der Waals surface area contributed by atoms with Crippen LogP contribution >= 0.6 is 23.2 Å². The normalized spacial score (nSPS) is 17.3. The second-order valence-corrected chi connectivity index (χ2v) is 5.59. The largest absolute Gasteiger partial charge is 0.508 e. The molecule has 0 amide bonds. The summed E-state index contributed by atoms with van der Waals surface area (Å²) in [7, 11) is 0. The third-order valence-corrected chi connectivity index (χ3v) is 4.03. The van der Waals surface area contributed by atoms with Gasteiger partial charge in [-0.2, -0.15) is 0 Å². The topological polar surface area (TPSA) is 32.3 Å². The minimum atomic E-state index is 0.214. The van der Waals surface area contributed by atoms with E-state index in [1.54, 1.807) is 18.2 Å². The standard InChI is InChI=1S/C15H13Cl2NO/c16-10-2-5-13(17)15(8-10)18-14-6-1-9-7-11(19)3-4-12(9)14/h2-5,7-8,14,18-19H,1,6H2. The van der Waals surface area contributed by atoms with Crippen molar-refractivity contribution in [1.82, 2.24) is 0 Å². The van der Waals surface area contributed by atoms with Gasteiger partial charge >= 0.3 is 0 Å². The van der Waals surface area contributed by atoms with Crippen LogP contribution in [-0.4, -0.2) is 5.11 Å². The first kappa shape index (κ1) is 12.6. The molecule has 0 saturated heterocycles. The van der Waals surface area contributed by atoms with Gasteiger partial charge in [-0.15, -0.1) is 0 Å². The summed E-state index contributed by atoms with van der Waals surface area (Å²) in [5.41, 5.74) is 3.25. The minimum Gasteiger partial charge on any atom is -0.508 e. The van der Waals surface area contributed by atoms with Gasteiger partial charge in [-0.25, -0.2) is 0 Å². The summed E-state index contributed by atoms with van der Waals surface area (Å²) >= 11 is 12.2. The average molecular weight is 294 g/mol. The van der Waals surface area contributed by atoms with Crippen molar-refractivity contribution in [1.29, 1.82) is 0 Å². The second kappa shape index (κ2) is 4.95. The van der Waals surface area contributed by atoms with Crippen LogP contribution in [0.4, 0.5) is 5.69 Å². The Morgan fingerprint density at radius 1 is 1.11 bits per heavy atom. The maximum Gasteiger partial charge on any atom is 0.115 e. The first-order valence-corrected chi connectivity index (χ1v) is 6.92. The number of halogens is 2. The van der Waals surface area contributed by atoms with E-state index in [1.165, 1.54) is 11.1 Å². The fourth-order valence-corrected chi connectivity index (χ4v) is 2.89. The Morgan fingerprint density at radius 2 is 1.95 bits per heavy atom. The molecular formula is C15H13Cl2NO. The van der Waals surface area contributed by atoms with E-state index in [-0.39, 0.29) is 6.04 Å². The van der Waals surface area contributed by atoms with Crippen LogP contribution in [0.3, 0.4) is 0 Å². The van der Waals surface area contributed by atoms with Crippen LogP contribution in [-0.2, 0) is 6.42 Å². The lowest BCUT2D eigenvalue weighted by Crippen LogP contribution is -2.07. The van der Waals surface area contributed by atoms with Crippen LogP contribution in [0.2, 0.25) is 10.0 Å². The fraction of sp³-hybridized carbons (Fsp3) is 0.200. The Hall–Kier alpha value is -1.38. The number of rotatable bonds is 2. The summed E-state index contributed by atoms with van der Waals surface area (Å²) in [5, 5.41) is 14.2. The van der Waals surface area contributed by atoms with Crippen molar-refractivity contribution in [3.8, 4) is 5.75 Å². The summed E-state index contributed by atoms with van der Waals surface area (Å²) in [6.07, 6.45) is 1.95. The molecule has 0 fully saturated rings. The Bertz CT molecular complexity index is 628. The molecule has 1 atom stereocenters. The van der Waals surface area contributed by atoms with Gasteiger partial charge < -0.3 is 10.4 Å². The number of phenols is 1. The summed E-state index contributed by atoms with van der Waals surface area (Å²) < 4.78 is 0. The summed E-state index contributed by atoms with van der Waals surface area (Å²) in [5.74, 6) is 0.320. The number of anilines is 1. The SMILES string of the molecule is Oc1ccc2c(c1)CCC2Nc1cc(Cl)ccc1Cl. The molecular weight excluding hydrogens is 281 g/mol. The summed E-state index contributed by atoms with van der Waals surface area (Å²) in [6.45, 7) is 0. The maximum absolute atomic E-state index is 9.49. The van der Waals surface area contributed by atoms with Gasteiger partial charge in [-0.1, -0.05) is 29.3 Å². The Kier molecular flexibility index (Phi) is 3.29. The van der Waals surface area contributed by atoms with Crippen molar-refractivity contribution < 1.29 is 5.11 Å². The van der Waals surface area contributed by atoms with Gasteiger partial charge in [0.15, 0.2) is 0 Å². The molecule has 0 aliphatic heterocycles. The van der Waals surface area contributed by atoms with E-state index in [9.17, 15) is 5.11 Å². The molecule has 2 N–H and O–H groups in total. The molecule has 0 heterocycles. The molecule has 0 aromatic heterocycles. The number of benzene rings is 2. The zero-order valence-electron chi connectivity index (χ0n) is 10.2. The number of phenolic OH excluding ortho intramolecular Hbond substituents is 1. The molecule has 98 valence electrons. The zero-order valence-corrected chi connectivity index (χ0v) is 11.7. The first-order valence-electron chi connectivity index (χ1n) is 6.17. The second-order valence-electron chi connectivity index (χ2n) is 4.74. The highest BCUT2D eigenvalue weighted by atomic mass is 35.5. The Labute approximate surface area is 122 Å². The third kappa shape index (κ3) is 2.51. The molecule has 3 rings (SSSR count). The zero-order chi connectivity index (χ0) is 13.4. The quantitative estimate of drug-likeness (QED) is 0.834. The number of aryl methyl sites for hydroxylation is 1. The molecule has 1 aliphatic rings. The van der Waals surface area contributed by atoms with Crippen molar-refractivity contribution >= 4 is 28.9 Å². The van der Waals surface area contributed by atoms with E-state index < -0.39 is 0 Å². The van der Waals surface area contributed by atoms with Crippen LogP contribution in [0.15, 0.2) is 36.4 Å². The average Bonchev–Trinajstić information content (AvgIpc) is 2.76. The van der Waals surface area contributed by atoms with Crippen molar-refractivity contribution in [2.45, 2.75) is 18.9 Å². The minimum absolute atomic E-state index is 0.214. The van der Waals surface area contributed by atoms with Crippen molar-refractivity contribution in [3.05, 3.63) is 57.6 Å². The fourth-order valence-electron chi connectivity index (χ4n) is 2.55. The highest BCUT2D eigenvalue weighted by molar-refractivity contribution is 6.35. The molecule has 2 aromatic rings. The van der Waals surface area contributed by atoms with Crippen LogP contribution in [0, 0.1) is 0 Å². The highest BCUT2D eigenvalue weighted by Crippen LogP contribution is 2.37. The smallest absolute Gasteiger partial charge is 0.115 e. The van der Waals surface area contributed by atoms with E-state index in [0.717, 1.165) is 18.5 Å². The van der Waals surface area contributed by atoms with Crippen LogP contribution < -0.4 is 5.32 Å². The lowest BCUT2D eigenvalue weighted by Gasteiger charge is -2.17. The predicted octanol–water partition coefficient (Wildman–Crippen LogP) is 4.80. The third-order valence-electron chi connectivity index (χ3n) is 3.46. The van der Waals surface area contributed by atoms with Gasteiger partial charge in [0.25, 0.3) is 0 Å². The molecule has 0 radical (unpaired) electrons. The molecule has 0 saturated carbocycles. The number of fused-ring (bicyclic) bond motifs is 1. The van der Waals surface area contributed by atoms with Gasteiger partial charge in [0, 0.05) is 5.02 Å². The molecule has 4 heteroatoms. The van der Waals surface area contributed by atoms with E-state index in [1.807, 2.05) is 18.2 Å². The Morgan fingerprint density at radius 3 is 2.79 bits per heavy atom. The van der Waals surface area contributed by atoms with E-state index in [4.69, 9.17) is 23.2 Å². The van der Waals surface area contributed by atoms with Gasteiger partial charge in [-0.3, -0.25) is 0 Å². The van der Waals surface area contributed by atoms with E-state index >= 15 is 0 Å². The molecule has 0 spiro atoms. The van der Waals surface area contributed by atoms with Gasteiger partial charge in [0.2, 0.25) is 0 Å². The molecule has 1 aliphatic carbocycles. The van der Waals surface area contributed by atoms with Crippen LogP contribution in [0.25, 0.3) is 0 Å². The van der Waals surface area contributed by atoms with Gasteiger partial charge in [0.1, 0.15) is 5.75 Å². The molecule has 1 unspecified atom stereocenters. The first-order chi connectivity index (χ1) is 9.13. The van der Waals surface area contributed by atoms with E-state index in [0.29, 0.717) is 15.8 Å². The molecule has 2 aromatic carbocycles. The lowest BCUT2D eigenvalue weighted by molar-refractivity contribution is 0.474. The maximum atomic E-state index is 9.49. The van der Waals surface area contributed by atoms with Gasteiger partial charge in [-0.05, 0) is 54.3 Å². The van der Waals surface area contributed by atoms with Crippen molar-refractivity contribution in [3.63, 3.8) is 0 Å². The summed E-state index contributed by atoms with van der Waals surface area (Å²) in [4.78, 5) is 0. The number of nitrogens with one attached hydrogen (secondary N) is 1. The molecule has 2 nitrogen and oxygen atoms in total. The predicted molar refractivity (Wildman–Crippen MR) is 79.3 cm³/mol. The van der Waals surface area contributed by atoms with Crippen LogP contribution in [0.5, 0.6) is 5.75 Å². The molecule has 19 heavy (non-hydrogen) atoms. The van der Waals surface area contributed by atoms with Gasteiger partial charge in [0.05, 0.1) is 16.8 Å². The van der Waals surface area contributed by atoms with E-state index in [2.05, 4.69) is 5.32 Å². The van der Waals surface area contributed by atoms with Crippen molar-refractivity contribution in [2.75, 3.05) is 5.32 Å². The summed E-state index contributed by atoms with van der Waals surface area (Å²) in [6, 6.07) is 11.1. The van der Waals surface area contributed by atoms with Crippen molar-refractivity contribution in [2.24, 2.45) is 0 Å². The lowest BCUT2D eigenvalue weighted by atomic mass is 10.1. The number of hydrogen-bond donors (Lipinski definition) is 2. The number of aromatic hydroxyl groups is 1. The van der Waals surface area contributed by atoms with Crippen LogP contribution in [0.1, 0.15) is 23.6 Å². The molecule has 0 bridgehead atoms. The highest BCUT2D eigenvalue weighted by Gasteiger charge is 2.23. The number of hydrogen-bond acceptors (Lipinski definition) is 2. The monoisotopic (exact) mass is 293 g/mol.